The van der Waals surface area contributed by atoms with E-state index in [0.717, 1.165) is 23.4 Å². The first-order valence-corrected chi connectivity index (χ1v) is 10.0. The van der Waals surface area contributed by atoms with Crippen molar-refractivity contribution < 1.29 is 9.59 Å². The molecule has 144 valence electrons. The van der Waals surface area contributed by atoms with Crippen LogP contribution in [0.15, 0.2) is 48.5 Å². The number of anilines is 1. The van der Waals surface area contributed by atoms with Gasteiger partial charge in [0.2, 0.25) is 11.8 Å². The molecule has 2 aromatic rings. The molecule has 0 aliphatic carbocycles. The Hall–Kier alpha value is -2.31. The van der Waals surface area contributed by atoms with Crippen LogP contribution in [0.1, 0.15) is 16.7 Å². The molecule has 0 aliphatic heterocycles. The normalized spacial score (nSPS) is 10.7. The van der Waals surface area contributed by atoms with Crippen LogP contribution in [0.4, 0.5) is 5.69 Å². The minimum absolute atomic E-state index is 0.0688. The van der Waals surface area contributed by atoms with Crippen molar-refractivity contribution in [3.63, 3.8) is 0 Å². The Balaban J connectivity index is 1.65. The van der Waals surface area contributed by atoms with E-state index in [1.54, 1.807) is 0 Å². The molecule has 2 aromatic carbocycles. The van der Waals surface area contributed by atoms with Gasteiger partial charge in [-0.1, -0.05) is 36.4 Å². The van der Waals surface area contributed by atoms with E-state index in [1.807, 2.05) is 57.4 Å². The molecule has 0 unspecified atom stereocenters. The molecule has 0 saturated carbocycles. The molecule has 6 heteroatoms. The van der Waals surface area contributed by atoms with Crippen LogP contribution in [-0.4, -0.2) is 42.3 Å². The number of benzene rings is 2. The van der Waals surface area contributed by atoms with Crippen molar-refractivity contribution in [3.05, 3.63) is 65.2 Å². The number of hydrogen-bond acceptors (Lipinski definition) is 4. The molecule has 0 atom stereocenters. The summed E-state index contributed by atoms with van der Waals surface area (Å²) in [4.78, 5) is 26.0. The van der Waals surface area contributed by atoms with Crippen LogP contribution in [0, 0.1) is 6.92 Å². The summed E-state index contributed by atoms with van der Waals surface area (Å²) in [6, 6.07) is 15.9. The predicted molar refractivity (Wildman–Crippen MR) is 113 cm³/mol. The highest BCUT2D eigenvalue weighted by Crippen LogP contribution is 2.11. The van der Waals surface area contributed by atoms with Gasteiger partial charge in [0, 0.05) is 18.8 Å². The first-order valence-electron chi connectivity index (χ1n) is 8.86. The fourth-order valence-electron chi connectivity index (χ4n) is 2.54. The minimum Gasteiger partial charge on any atom is -0.351 e. The van der Waals surface area contributed by atoms with Crippen LogP contribution in [0.3, 0.4) is 0 Å². The maximum atomic E-state index is 11.9. The van der Waals surface area contributed by atoms with Crippen LogP contribution >= 0.6 is 11.8 Å². The molecule has 5 nitrogen and oxygen atoms in total. The molecule has 27 heavy (non-hydrogen) atoms. The molecule has 2 amide bonds. The van der Waals surface area contributed by atoms with E-state index in [9.17, 15) is 9.59 Å². The maximum absolute atomic E-state index is 11.9. The molecule has 0 spiro atoms. The quantitative estimate of drug-likeness (QED) is 0.696. The van der Waals surface area contributed by atoms with Crippen LogP contribution in [0.5, 0.6) is 0 Å². The van der Waals surface area contributed by atoms with E-state index >= 15 is 0 Å². The average molecular weight is 386 g/mol. The second-order valence-corrected chi connectivity index (χ2v) is 7.73. The number of amides is 2. The Labute approximate surface area is 165 Å². The summed E-state index contributed by atoms with van der Waals surface area (Å²) in [5.74, 6) is 0.344. The van der Waals surface area contributed by atoms with Crippen molar-refractivity contribution in [1.29, 1.82) is 0 Å². The van der Waals surface area contributed by atoms with E-state index < -0.39 is 0 Å². The Morgan fingerprint density at radius 2 is 1.63 bits per heavy atom. The zero-order valence-corrected chi connectivity index (χ0v) is 16.9. The monoisotopic (exact) mass is 385 g/mol. The molecule has 0 bridgehead atoms. The second kappa shape index (κ2) is 10.7. The first-order chi connectivity index (χ1) is 12.9. The topological polar surface area (TPSA) is 61.4 Å². The van der Waals surface area contributed by atoms with Crippen LogP contribution in [0.2, 0.25) is 0 Å². The van der Waals surface area contributed by atoms with Gasteiger partial charge < -0.3 is 15.5 Å². The lowest BCUT2D eigenvalue weighted by molar-refractivity contribution is -0.118. The van der Waals surface area contributed by atoms with Gasteiger partial charge in [-0.2, -0.15) is 0 Å². The van der Waals surface area contributed by atoms with Crippen molar-refractivity contribution in [2.45, 2.75) is 20.0 Å². The molecule has 0 aromatic heterocycles. The highest BCUT2D eigenvalue weighted by Gasteiger charge is 2.06. The molecule has 2 rings (SSSR count). The zero-order chi connectivity index (χ0) is 19.6. The van der Waals surface area contributed by atoms with Gasteiger partial charge in [0.15, 0.2) is 0 Å². The largest absolute Gasteiger partial charge is 0.351 e. The van der Waals surface area contributed by atoms with Crippen LogP contribution < -0.4 is 10.6 Å². The summed E-state index contributed by atoms with van der Waals surface area (Å²) < 4.78 is 0. The number of nitrogens with one attached hydrogen (secondary N) is 2. The lowest BCUT2D eigenvalue weighted by Crippen LogP contribution is -2.25. The van der Waals surface area contributed by atoms with Crippen molar-refractivity contribution >= 4 is 29.3 Å². The lowest BCUT2D eigenvalue weighted by Gasteiger charge is -2.10. The summed E-state index contributed by atoms with van der Waals surface area (Å²) in [5.41, 5.74) is 4.18. The van der Waals surface area contributed by atoms with E-state index in [2.05, 4.69) is 27.7 Å². The highest BCUT2D eigenvalue weighted by atomic mass is 32.2. The predicted octanol–water partition coefficient (Wildman–Crippen LogP) is 3.04. The third kappa shape index (κ3) is 8.28. The van der Waals surface area contributed by atoms with E-state index in [1.165, 1.54) is 17.3 Å². The Morgan fingerprint density at radius 1 is 0.963 bits per heavy atom. The van der Waals surface area contributed by atoms with E-state index in [4.69, 9.17) is 0 Å². The third-order valence-corrected chi connectivity index (χ3v) is 4.71. The SMILES string of the molecule is Cc1cccc(NC(=O)CSCC(=O)NCc2ccc(CN(C)C)cc2)c1. The van der Waals surface area contributed by atoms with Gasteiger partial charge in [0.25, 0.3) is 0 Å². The summed E-state index contributed by atoms with van der Waals surface area (Å²) in [5, 5.41) is 5.73. The number of hydrogen-bond donors (Lipinski definition) is 2. The molecule has 0 heterocycles. The smallest absolute Gasteiger partial charge is 0.234 e. The van der Waals surface area contributed by atoms with Crippen LogP contribution in [-0.2, 0) is 22.7 Å². The average Bonchev–Trinajstić information content (AvgIpc) is 2.60. The summed E-state index contributed by atoms with van der Waals surface area (Å²) in [7, 11) is 4.07. The summed E-state index contributed by atoms with van der Waals surface area (Å²) in [6.45, 7) is 3.37. The Morgan fingerprint density at radius 3 is 2.30 bits per heavy atom. The fraction of sp³-hybridized carbons (Fsp3) is 0.333. The number of aryl methyl sites for hydroxylation is 1. The third-order valence-electron chi connectivity index (χ3n) is 3.78. The second-order valence-electron chi connectivity index (χ2n) is 6.74. The van der Waals surface area contributed by atoms with Gasteiger partial charge in [-0.05, 0) is 49.8 Å². The molecule has 0 saturated heterocycles. The standard InChI is InChI=1S/C21H27N3O2S/c1-16-5-4-6-19(11-16)23-21(26)15-27-14-20(25)22-12-17-7-9-18(10-8-17)13-24(2)3/h4-11H,12-15H2,1-3H3,(H,22,25)(H,23,26). The summed E-state index contributed by atoms with van der Waals surface area (Å²) >= 11 is 1.31. The number of carbonyl (C=O) groups is 2. The van der Waals surface area contributed by atoms with Gasteiger partial charge in [-0.25, -0.2) is 0 Å². The Bertz CT molecular complexity index is 760. The van der Waals surface area contributed by atoms with Crippen molar-refractivity contribution in [2.24, 2.45) is 0 Å². The molecular weight excluding hydrogens is 358 g/mol. The minimum atomic E-state index is -0.102. The van der Waals surface area contributed by atoms with E-state index in [0.29, 0.717) is 6.54 Å². The summed E-state index contributed by atoms with van der Waals surface area (Å²) in [6.07, 6.45) is 0. The first kappa shape index (κ1) is 21.0. The number of carbonyl (C=O) groups excluding carboxylic acids is 2. The van der Waals surface area contributed by atoms with Gasteiger partial charge >= 0.3 is 0 Å². The Kier molecular flexibility index (Phi) is 8.36. The fourth-order valence-corrected chi connectivity index (χ4v) is 3.18. The van der Waals surface area contributed by atoms with Crippen molar-refractivity contribution in [1.82, 2.24) is 10.2 Å². The molecule has 0 fully saturated rings. The van der Waals surface area contributed by atoms with Crippen molar-refractivity contribution in [2.75, 3.05) is 30.9 Å². The van der Waals surface area contributed by atoms with Gasteiger partial charge in [0.1, 0.15) is 0 Å². The van der Waals surface area contributed by atoms with E-state index in [-0.39, 0.29) is 23.3 Å². The maximum Gasteiger partial charge on any atom is 0.234 e. The molecule has 2 N–H and O–H groups in total. The number of rotatable bonds is 9. The zero-order valence-electron chi connectivity index (χ0n) is 16.1. The molecule has 0 radical (unpaired) electrons. The highest BCUT2D eigenvalue weighted by molar-refractivity contribution is 8.00. The lowest BCUT2D eigenvalue weighted by atomic mass is 10.1. The van der Waals surface area contributed by atoms with Crippen LogP contribution in [0.25, 0.3) is 0 Å². The van der Waals surface area contributed by atoms with Gasteiger partial charge in [-0.15, -0.1) is 11.8 Å². The van der Waals surface area contributed by atoms with Gasteiger partial charge in [-0.3, -0.25) is 9.59 Å². The van der Waals surface area contributed by atoms with Crippen molar-refractivity contribution in [3.8, 4) is 0 Å². The number of thioether (sulfide) groups is 1. The molecular formula is C21H27N3O2S. The molecule has 0 aliphatic rings. The number of nitrogens with zero attached hydrogens (tertiary/aromatic N) is 1. The van der Waals surface area contributed by atoms with Gasteiger partial charge in [0.05, 0.1) is 11.5 Å².